The molecule has 0 bridgehead atoms. The SMILES string of the molecule is COc1ccc(CSc2nnnn2-c2cc(C)ccc2OC)cc1Br. The molecule has 2 aromatic carbocycles. The van der Waals surface area contributed by atoms with Crippen LogP contribution >= 0.6 is 27.7 Å². The van der Waals surface area contributed by atoms with Crippen LogP contribution in [0.25, 0.3) is 5.69 Å². The topological polar surface area (TPSA) is 62.1 Å². The van der Waals surface area contributed by atoms with Crippen molar-refractivity contribution in [3.05, 3.63) is 52.0 Å². The lowest BCUT2D eigenvalue weighted by molar-refractivity contribution is 0.410. The number of nitrogens with zero attached hydrogens (tertiary/aromatic N) is 4. The second kappa shape index (κ2) is 7.88. The van der Waals surface area contributed by atoms with Gasteiger partial charge in [0.25, 0.3) is 0 Å². The van der Waals surface area contributed by atoms with Crippen LogP contribution in [-0.2, 0) is 5.75 Å². The Hall–Kier alpha value is -2.06. The second-order valence-corrected chi connectivity index (χ2v) is 7.10. The highest BCUT2D eigenvalue weighted by Gasteiger charge is 2.14. The Morgan fingerprint density at radius 2 is 1.84 bits per heavy atom. The van der Waals surface area contributed by atoms with E-state index in [1.165, 1.54) is 0 Å². The molecule has 0 spiro atoms. The largest absolute Gasteiger partial charge is 0.496 e. The average Bonchev–Trinajstić information content (AvgIpc) is 3.08. The Balaban J connectivity index is 1.83. The molecule has 130 valence electrons. The highest BCUT2D eigenvalue weighted by atomic mass is 79.9. The third-order valence-electron chi connectivity index (χ3n) is 3.59. The first kappa shape index (κ1) is 17.8. The van der Waals surface area contributed by atoms with Crippen LogP contribution in [0.15, 0.2) is 46.0 Å². The van der Waals surface area contributed by atoms with E-state index in [1.807, 2.05) is 43.3 Å². The average molecular weight is 421 g/mol. The second-order valence-electron chi connectivity index (χ2n) is 5.31. The molecule has 0 aliphatic heterocycles. The lowest BCUT2D eigenvalue weighted by atomic mass is 10.2. The number of thioether (sulfide) groups is 1. The number of aryl methyl sites for hydroxylation is 1. The summed E-state index contributed by atoms with van der Waals surface area (Å²) in [6, 6.07) is 11.9. The Morgan fingerprint density at radius 1 is 1.08 bits per heavy atom. The quantitative estimate of drug-likeness (QED) is 0.560. The van der Waals surface area contributed by atoms with Crippen molar-refractivity contribution in [2.75, 3.05) is 14.2 Å². The summed E-state index contributed by atoms with van der Waals surface area (Å²) >= 11 is 5.07. The van der Waals surface area contributed by atoms with Crippen molar-refractivity contribution < 1.29 is 9.47 Å². The van der Waals surface area contributed by atoms with Gasteiger partial charge in [-0.05, 0) is 68.7 Å². The summed E-state index contributed by atoms with van der Waals surface area (Å²) in [5.41, 5.74) is 3.08. The van der Waals surface area contributed by atoms with Crippen LogP contribution < -0.4 is 9.47 Å². The zero-order valence-electron chi connectivity index (χ0n) is 14.1. The number of hydrogen-bond donors (Lipinski definition) is 0. The molecule has 3 aromatic rings. The van der Waals surface area contributed by atoms with Crippen molar-refractivity contribution in [2.45, 2.75) is 17.8 Å². The van der Waals surface area contributed by atoms with E-state index in [2.05, 4.69) is 31.5 Å². The molecule has 0 fully saturated rings. The lowest BCUT2D eigenvalue weighted by Crippen LogP contribution is -2.02. The number of benzene rings is 2. The summed E-state index contributed by atoms with van der Waals surface area (Å²) in [5, 5.41) is 12.8. The van der Waals surface area contributed by atoms with Gasteiger partial charge in [0.2, 0.25) is 5.16 Å². The molecule has 0 aliphatic rings. The molecule has 8 heteroatoms. The molecule has 1 heterocycles. The van der Waals surface area contributed by atoms with Gasteiger partial charge in [0.05, 0.1) is 18.7 Å². The monoisotopic (exact) mass is 420 g/mol. The number of hydrogen-bond acceptors (Lipinski definition) is 6. The van der Waals surface area contributed by atoms with Crippen LogP contribution in [0.3, 0.4) is 0 Å². The van der Waals surface area contributed by atoms with Crippen molar-refractivity contribution in [1.82, 2.24) is 20.2 Å². The van der Waals surface area contributed by atoms with E-state index in [0.717, 1.165) is 38.5 Å². The molecule has 0 atom stereocenters. The van der Waals surface area contributed by atoms with Crippen LogP contribution in [-0.4, -0.2) is 34.4 Å². The number of tetrazole rings is 1. The fourth-order valence-corrected chi connectivity index (χ4v) is 3.75. The number of methoxy groups -OCH3 is 2. The minimum Gasteiger partial charge on any atom is -0.496 e. The van der Waals surface area contributed by atoms with Crippen molar-refractivity contribution in [3.63, 3.8) is 0 Å². The highest BCUT2D eigenvalue weighted by molar-refractivity contribution is 9.10. The minimum absolute atomic E-state index is 0.704. The van der Waals surface area contributed by atoms with Crippen LogP contribution in [0.4, 0.5) is 0 Å². The van der Waals surface area contributed by atoms with Crippen molar-refractivity contribution >= 4 is 27.7 Å². The van der Waals surface area contributed by atoms with Gasteiger partial charge in [0.1, 0.15) is 17.2 Å². The molecule has 0 radical (unpaired) electrons. The maximum Gasteiger partial charge on any atom is 0.214 e. The molecule has 0 saturated heterocycles. The van der Waals surface area contributed by atoms with Crippen LogP contribution in [0, 0.1) is 6.92 Å². The van der Waals surface area contributed by atoms with Crippen LogP contribution in [0.5, 0.6) is 11.5 Å². The van der Waals surface area contributed by atoms with Gasteiger partial charge in [-0.2, -0.15) is 4.68 Å². The van der Waals surface area contributed by atoms with E-state index in [4.69, 9.17) is 9.47 Å². The smallest absolute Gasteiger partial charge is 0.214 e. The molecule has 0 aliphatic carbocycles. The molecule has 0 unspecified atom stereocenters. The van der Waals surface area contributed by atoms with E-state index in [0.29, 0.717) is 5.16 Å². The summed E-state index contributed by atoms with van der Waals surface area (Å²) in [6.07, 6.45) is 0. The normalized spacial score (nSPS) is 10.7. The molecule has 0 N–H and O–H groups in total. The standard InChI is InChI=1S/C17H17BrN4O2S/c1-11-4-6-16(24-3)14(8-11)22-17(19-20-21-22)25-10-12-5-7-15(23-2)13(18)9-12/h4-9H,10H2,1-3H3. The Kier molecular flexibility index (Phi) is 5.60. The van der Waals surface area contributed by atoms with E-state index in [1.54, 1.807) is 30.7 Å². The van der Waals surface area contributed by atoms with Crippen molar-refractivity contribution in [2.24, 2.45) is 0 Å². The molecule has 6 nitrogen and oxygen atoms in total. The maximum absolute atomic E-state index is 5.44. The zero-order valence-corrected chi connectivity index (χ0v) is 16.5. The highest BCUT2D eigenvalue weighted by Crippen LogP contribution is 2.31. The molecular weight excluding hydrogens is 404 g/mol. The minimum atomic E-state index is 0.704. The summed E-state index contributed by atoms with van der Waals surface area (Å²) in [5.74, 6) is 2.27. The molecular formula is C17H17BrN4O2S. The Labute approximate surface area is 158 Å². The van der Waals surface area contributed by atoms with Gasteiger partial charge in [-0.15, -0.1) is 5.10 Å². The van der Waals surface area contributed by atoms with Gasteiger partial charge in [-0.3, -0.25) is 0 Å². The molecule has 1 aromatic heterocycles. The van der Waals surface area contributed by atoms with Crippen molar-refractivity contribution in [1.29, 1.82) is 0 Å². The van der Waals surface area contributed by atoms with Crippen LogP contribution in [0.2, 0.25) is 0 Å². The number of aromatic nitrogens is 4. The summed E-state index contributed by atoms with van der Waals surface area (Å²) in [6.45, 7) is 2.02. The lowest BCUT2D eigenvalue weighted by Gasteiger charge is -2.10. The number of halogens is 1. The third-order valence-corrected chi connectivity index (χ3v) is 5.20. The number of rotatable bonds is 6. The molecule has 0 saturated carbocycles. The van der Waals surface area contributed by atoms with E-state index in [-0.39, 0.29) is 0 Å². The van der Waals surface area contributed by atoms with E-state index >= 15 is 0 Å². The van der Waals surface area contributed by atoms with Crippen LogP contribution in [0.1, 0.15) is 11.1 Å². The van der Waals surface area contributed by atoms with Gasteiger partial charge >= 0.3 is 0 Å². The van der Waals surface area contributed by atoms with Gasteiger partial charge in [0, 0.05) is 5.75 Å². The van der Waals surface area contributed by atoms with Crippen molar-refractivity contribution in [3.8, 4) is 17.2 Å². The van der Waals surface area contributed by atoms with E-state index in [9.17, 15) is 0 Å². The fourth-order valence-electron chi connectivity index (χ4n) is 2.33. The zero-order chi connectivity index (χ0) is 17.8. The Bertz CT molecular complexity index is 885. The first-order chi connectivity index (χ1) is 12.1. The predicted molar refractivity (Wildman–Crippen MR) is 101 cm³/mol. The van der Waals surface area contributed by atoms with E-state index < -0.39 is 0 Å². The fraction of sp³-hybridized carbons (Fsp3) is 0.235. The van der Waals surface area contributed by atoms with Gasteiger partial charge in [-0.1, -0.05) is 23.9 Å². The summed E-state index contributed by atoms with van der Waals surface area (Å²) in [4.78, 5) is 0. The molecule has 3 rings (SSSR count). The first-order valence-electron chi connectivity index (χ1n) is 7.51. The predicted octanol–water partition coefficient (Wildman–Crippen LogP) is 4.04. The van der Waals surface area contributed by atoms with Gasteiger partial charge in [0.15, 0.2) is 0 Å². The maximum atomic E-state index is 5.44. The summed E-state index contributed by atoms with van der Waals surface area (Å²) < 4.78 is 13.3. The first-order valence-corrected chi connectivity index (χ1v) is 9.29. The van der Waals surface area contributed by atoms with Gasteiger partial charge in [-0.25, -0.2) is 0 Å². The molecule has 0 amide bonds. The Morgan fingerprint density at radius 3 is 2.56 bits per heavy atom. The molecule has 25 heavy (non-hydrogen) atoms. The van der Waals surface area contributed by atoms with Gasteiger partial charge < -0.3 is 9.47 Å². The summed E-state index contributed by atoms with van der Waals surface area (Å²) in [7, 11) is 3.29. The number of ether oxygens (including phenoxy) is 2. The third kappa shape index (κ3) is 3.96.